The molecular weight excluding hydrogens is 200 g/mol. The number of nitrogens with one attached hydrogen (secondary N) is 2. The van der Waals surface area contributed by atoms with Crippen molar-refractivity contribution in [3.05, 3.63) is 15.8 Å². The van der Waals surface area contributed by atoms with Gasteiger partial charge in [-0.05, 0) is 11.4 Å². The van der Waals surface area contributed by atoms with Crippen molar-refractivity contribution in [2.45, 2.75) is 0 Å². The Labute approximate surface area is 78.4 Å². The summed E-state index contributed by atoms with van der Waals surface area (Å²) in [5.41, 5.74) is 2.69. The number of hydroxylamine groups is 1. The zero-order valence-electron chi connectivity index (χ0n) is 6.26. The molecule has 0 radical (unpaired) electrons. The normalized spacial score (nSPS) is 9.50. The summed E-state index contributed by atoms with van der Waals surface area (Å²) >= 11 is 7.07. The van der Waals surface area contributed by atoms with Crippen LogP contribution >= 0.6 is 22.9 Å². The molecule has 12 heavy (non-hydrogen) atoms. The second-order valence-corrected chi connectivity index (χ2v) is 3.39. The van der Waals surface area contributed by atoms with Crippen LogP contribution in [0.3, 0.4) is 0 Å². The maximum absolute atomic E-state index is 10.9. The third-order valence-electron chi connectivity index (χ3n) is 1.06. The first-order chi connectivity index (χ1) is 5.74. The molecule has 0 fully saturated rings. The number of thiophene rings is 1. The van der Waals surface area contributed by atoms with E-state index >= 15 is 0 Å². The van der Waals surface area contributed by atoms with Crippen molar-refractivity contribution in [2.24, 2.45) is 0 Å². The van der Waals surface area contributed by atoms with E-state index in [9.17, 15) is 4.79 Å². The first kappa shape index (κ1) is 9.31. The number of hydrogen-bond donors (Lipinski definition) is 2. The van der Waals surface area contributed by atoms with Crippen molar-refractivity contribution in [1.82, 2.24) is 5.48 Å². The van der Waals surface area contributed by atoms with Gasteiger partial charge in [-0.3, -0.25) is 4.84 Å². The largest absolute Gasteiger partial charge is 0.343 e. The first-order valence-electron chi connectivity index (χ1n) is 3.07. The molecule has 1 heterocycles. The van der Waals surface area contributed by atoms with E-state index in [1.54, 1.807) is 11.4 Å². The molecule has 0 aromatic carbocycles. The van der Waals surface area contributed by atoms with E-state index < -0.39 is 6.03 Å². The molecule has 0 aliphatic heterocycles. The van der Waals surface area contributed by atoms with Crippen LogP contribution in [0.4, 0.5) is 10.5 Å². The van der Waals surface area contributed by atoms with Gasteiger partial charge in [-0.15, -0.1) is 11.3 Å². The summed E-state index contributed by atoms with van der Waals surface area (Å²) in [6.07, 6.45) is 0. The van der Waals surface area contributed by atoms with Gasteiger partial charge in [0, 0.05) is 0 Å². The number of rotatable bonds is 2. The van der Waals surface area contributed by atoms with E-state index in [-0.39, 0.29) is 0 Å². The molecule has 0 saturated heterocycles. The Bertz CT molecular complexity index is 276. The standard InChI is InChI=1S/C6H7ClN2O2S/c1-11-9-6(10)8-4-2-3-12-5(4)7/h2-3H,1H3,(H2,8,9,10). The Hall–Kier alpha value is -0.780. The van der Waals surface area contributed by atoms with E-state index in [1.807, 2.05) is 0 Å². The van der Waals surface area contributed by atoms with Crippen molar-refractivity contribution in [2.75, 3.05) is 12.4 Å². The summed E-state index contributed by atoms with van der Waals surface area (Å²) in [6, 6.07) is 1.26. The highest BCUT2D eigenvalue weighted by atomic mass is 35.5. The van der Waals surface area contributed by atoms with Crippen LogP contribution in [0.1, 0.15) is 0 Å². The Kier molecular flexibility index (Phi) is 3.33. The molecular formula is C6H7ClN2O2S. The predicted molar refractivity (Wildman–Crippen MR) is 48.5 cm³/mol. The van der Waals surface area contributed by atoms with Gasteiger partial charge in [0.1, 0.15) is 4.34 Å². The zero-order chi connectivity index (χ0) is 8.97. The number of halogens is 1. The third kappa shape index (κ3) is 2.37. The van der Waals surface area contributed by atoms with E-state index in [1.165, 1.54) is 18.4 Å². The van der Waals surface area contributed by atoms with Crippen molar-refractivity contribution < 1.29 is 9.63 Å². The lowest BCUT2D eigenvalue weighted by atomic mass is 10.5. The minimum absolute atomic E-state index is 0.446. The highest BCUT2D eigenvalue weighted by Gasteiger charge is 2.04. The lowest BCUT2D eigenvalue weighted by molar-refractivity contribution is 0.114. The zero-order valence-corrected chi connectivity index (χ0v) is 7.83. The van der Waals surface area contributed by atoms with Gasteiger partial charge < -0.3 is 5.32 Å². The van der Waals surface area contributed by atoms with Crippen LogP contribution in [0.2, 0.25) is 4.34 Å². The SMILES string of the molecule is CONC(=O)Nc1ccsc1Cl. The highest BCUT2D eigenvalue weighted by Crippen LogP contribution is 2.27. The molecule has 0 aliphatic rings. The van der Waals surface area contributed by atoms with Crippen LogP contribution in [0.5, 0.6) is 0 Å². The van der Waals surface area contributed by atoms with Crippen molar-refractivity contribution >= 4 is 34.7 Å². The topological polar surface area (TPSA) is 50.4 Å². The maximum Gasteiger partial charge on any atom is 0.343 e. The van der Waals surface area contributed by atoms with Gasteiger partial charge in [0.2, 0.25) is 0 Å². The lowest BCUT2D eigenvalue weighted by Gasteiger charge is -2.02. The number of amides is 2. The van der Waals surface area contributed by atoms with Crippen LogP contribution in [-0.4, -0.2) is 13.1 Å². The minimum atomic E-state index is -0.446. The van der Waals surface area contributed by atoms with Gasteiger partial charge in [-0.1, -0.05) is 11.6 Å². The molecule has 0 unspecified atom stereocenters. The molecule has 0 bridgehead atoms. The van der Waals surface area contributed by atoms with Crippen LogP contribution in [-0.2, 0) is 4.84 Å². The summed E-state index contributed by atoms with van der Waals surface area (Å²) in [5, 5.41) is 4.28. The van der Waals surface area contributed by atoms with E-state index in [0.29, 0.717) is 10.0 Å². The molecule has 6 heteroatoms. The average molecular weight is 207 g/mol. The van der Waals surface area contributed by atoms with Gasteiger partial charge in [-0.2, -0.15) is 0 Å². The average Bonchev–Trinajstić information content (AvgIpc) is 2.37. The number of carbonyl (C=O) groups excluding carboxylic acids is 1. The quantitative estimate of drug-likeness (QED) is 0.728. The summed E-state index contributed by atoms with van der Waals surface area (Å²) in [6.45, 7) is 0. The van der Waals surface area contributed by atoms with E-state index in [0.717, 1.165) is 0 Å². The van der Waals surface area contributed by atoms with Crippen LogP contribution < -0.4 is 10.8 Å². The van der Waals surface area contributed by atoms with Gasteiger partial charge in [0.25, 0.3) is 0 Å². The number of hydrogen-bond acceptors (Lipinski definition) is 3. The Morgan fingerprint density at radius 2 is 2.50 bits per heavy atom. The summed E-state index contributed by atoms with van der Waals surface area (Å²) in [5.74, 6) is 0. The molecule has 2 amide bonds. The minimum Gasteiger partial charge on any atom is -0.304 e. The monoisotopic (exact) mass is 206 g/mol. The number of carbonyl (C=O) groups is 1. The van der Waals surface area contributed by atoms with Gasteiger partial charge in [0.05, 0.1) is 12.8 Å². The van der Waals surface area contributed by atoms with E-state index in [2.05, 4.69) is 15.6 Å². The van der Waals surface area contributed by atoms with Crippen LogP contribution in [0.15, 0.2) is 11.4 Å². The molecule has 0 atom stereocenters. The van der Waals surface area contributed by atoms with Gasteiger partial charge in [0.15, 0.2) is 0 Å². The Morgan fingerprint density at radius 1 is 1.75 bits per heavy atom. The molecule has 66 valence electrons. The second-order valence-electron chi connectivity index (χ2n) is 1.87. The third-order valence-corrected chi connectivity index (χ3v) is 2.23. The Morgan fingerprint density at radius 3 is 3.00 bits per heavy atom. The fourth-order valence-electron chi connectivity index (χ4n) is 0.622. The van der Waals surface area contributed by atoms with Crippen LogP contribution in [0, 0.1) is 0 Å². The van der Waals surface area contributed by atoms with Crippen molar-refractivity contribution in [1.29, 1.82) is 0 Å². The molecule has 4 nitrogen and oxygen atoms in total. The summed E-state index contributed by atoms with van der Waals surface area (Å²) in [7, 11) is 1.36. The molecule has 0 aliphatic carbocycles. The summed E-state index contributed by atoms with van der Waals surface area (Å²) < 4.78 is 0.543. The molecule has 2 N–H and O–H groups in total. The number of urea groups is 1. The predicted octanol–water partition coefficient (Wildman–Crippen LogP) is 2.08. The molecule has 1 aromatic heterocycles. The number of anilines is 1. The highest BCUT2D eigenvalue weighted by molar-refractivity contribution is 7.15. The molecule has 0 saturated carbocycles. The van der Waals surface area contributed by atoms with Crippen molar-refractivity contribution in [3.8, 4) is 0 Å². The second kappa shape index (κ2) is 4.30. The maximum atomic E-state index is 10.9. The van der Waals surface area contributed by atoms with Gasteiger partial charge in [-0.25, -0.2) is 10.3 Å². The van der Waals surface area contributed by atoms with E-state index in [4.69, 9.17) is 11.6 Å². The fraction of sp³-hybridized carbons (Fsp3) is 0.167. The van der Waals surface area contributed by atoms with Gasteiger partial charge >= 0.3 is 6.03 Å². The Balaban J connectivity index is 2.52. The summed E-state index contributed by atoms with van der Waals surface area (Å²) in [4.78, 5) is 15.3. The molecule has 1 aromatic rings. The molecule has 1 rings (SSSR count). The van der Waals surface area contributed by atoms with Crippen LogP contribution in [0.25, 0.3) is 0 Å². The first-order valence-corrected chi connectivity index (χ1v) is 4.32. The molecule has 0 spiro atoms. The van der Waals surface area contributed by atoms with Crippen molar-refractivity contribution in [3.63, 3.8) is 0 Å². The smallest absolute Gasteiger partial charge is 0.304 e. The fourth-order valence-corrected chi connectivity index (χ4v) is 1.46. The lowest BCUT2D eigenvalue weighted by Crippen LogP contribution is -2.27.